The van der Waals surface area contributed by atoms with Gasteiger partial charge in [0.2, 0.25) is 5.82 Å². The number of halogens is 1. The summed E-state index contributed by atoms with van der Waals surface area (Å²) in [5.41, 5.74) is 0.859. The fourth-order valence-electron chi connectivity index (χ4n) is 2.06. The number of methoxy groups -OCH3 is 1. The maximum atomic E-state index is 11.1. The lowest BCUT2D eigenvalue weighted by atomic mass is 10.2. The number of nitrogens with zero attached hydrogens (tertiary/aromatic N) is 3. The number of aromatic nitrogens is 2. The van der Waals surface area contributed by atoms with Crippen molar-refractivity contribution in [1.82, 2.24) is 10.1 Å². The van der Waals surface area contributed by atoms with Gasteiger partial charge in [-0.1, -0.05) is 28.9 Å². The topological polar surface area (TPSA) is 91.3 Å². The third-order valence-electron chi connectivity index (χ3n) is 3.16. The van der Waals surface area contributed by atoms with Crippen molar-refractivity contribution in [2.45, 2.75) is 0 Å². The van der Waals surface area contributed by atoms with Gasteiger partial charge in [0.05, 0.1) is 17.1 Å². The van der Waals surface area contributed by atoms with Gasteiger partial charge in [-0.3, -0.25) is 10.1 Å². The van der Waals surface area contributed by atoms with E-state index in [1.54, 1.807) is 30.3 Å². The monoisotopic (exact) mass is 331 g/mol. The van der Waals surface area contributed by atoms with E-state index in [1.807, 2.05) is 0 Å². The van der Waals surface area contributed by atoms with Gasteiger partial charge in [0.25, 0.3) is 5.89 Å². The Morgan fingerprint density at radius 3 is 2.74 bits per heavy atom. The molecule has 23 heavy (non-hydrogen) atoms. The number of rotatable bonds is 4. The summed E-state index contributed by atoms with van der Waals surface area (Å²) in [6.45, 7) is 0. The minimum atomic E-state index is -0.534. The van der Waals surface area contributed by atoms with Crippen molar-refractivity contribution in [3.63, 3.8) is 0 Å². The van der Waals surface area contributed by atoms with Crippen LogP contribution in [0, 0.1) is 10.1 Å². The molecule has 116 valence electrons. The molecule has 8 heteroatoms. The van der Waals surface area contributed by atoms with Gasteiger partial charge in [-0.05, 0) is 24.3 Å². The summed E-state index contributed by atoms with van der Waals surface area (Å²) in [7, 11) is 1.37. The lowest BCUT2D eigenvalue weighted by Crippen LogP contribution is -1.94. The van der Waals surface area contributed by atoms with E-state index in [-0.39, 0.29) is 17.3 Å². The third kappa shape index (κ3) is 2.86. The zero-order chi connectivity index (χ0) is 16.4. The van der Waals surface area contributed by atoms with Gasteiger partial charge >= 0.3 is 5.69 Å². The zero-order valence-corrected chi connectivity index (χ0v) is 12.6. The highest BCUT2D eigenvalue weighted by Gasteiger charge is 2.19. The van der Waals surface area contributed by atoms with Gasteiger partial charge in [-0.25, -0.2) is 0 Å². The second kappa shape index (κ2) is 6.05. The van der Waals surface area contributed by atoms with E-state index in [1.165, 1.54) is 19.2 Å². The van der Waals surface area contributed by atoms with E-state index < -0.39 is 4.92 Å². The summed E-state index contributed by atoms with van der Waals surface area (Å²) in [5.74, 6) is 0.624. The molecule has 0 unspecified atom stereocenters. The molecule has 1 aromatic heterocycles. The Hall–Kier alpha value is -2.93. The first-order valence-electron chi connectivity index (χ1n) is 6.51. The number of nitro benzene ring substituents is 1. The van der Waals surface area contributed by atoms with Crippen LogP contribution < -0.4 is 4.74 Å². The predicted octanol–water partition coefficient (Wildman–Crippen LogP) is 3.97. The van der Waals surface area contributed by atoms with E-state index in [2.05, 4.69) is 10.1 Å². The fourth-order valence-corrected chi connectivity index (χ4v) is 2.28. The van der Waals surface area contributed by atoms with Crippen LogP contribution in [-0.4, -0.2) is 22.2 Å². The van der Waals surface area contributed by atoms with Crippen LogP contribution >= 0.6 is 11.6 Å². The minimum Gasteiger partial charge on any atom is -0.490 e. The molecule has 0 spiro atoms. The van der Waals surface area contributed by atoms with Crippen LogP contribution in [0.2, 0.25) is 5.02 Å². The molecule has 0 atom stereocenters. The molecular weight excluding hydrogens is 322 g/mol. The smallest absolute Gasteiger partial charge is 0.311 e. The highest BCUT2D eigenvalue weighted by Crippen LogP contribution is 2.33. The number of nitro groups is 1. The molecule has 0 amide bonds. The molecule has 0 aliphatic heterocycles. The van der Waals surface area contributed by atoms with Crippen LogP contribution in [0.1, 0.15) is 0 Å². The average molecular weight is 332 g/mol. The maximum absolute atomic E-state index is 11.1. The minimum absolute atomic E-state index is 0.157. The largest absolute Gasteiger partial charge is 0.490 e. The maximum Gasteiger partial charge on any atom is 0.311 e. The molecule has 0 aliphatic rings. The standard InChI is InChI=1S/C15H10ClN3O4/c1-22-13-7-6-9(8-12(13)19(20)21)15-17-14(18-23-15)10-4-2-3-5-11(10)16/h2-8H,1H3. The van der Waals surface area contributed by atoms with Crippen LogP contribution in [0.3, 0.4) is 0 Å². The first kappa shape index (κ1) is 15.0. The molecule has 3 rings (SSSR count). The van der Waals surface area contributed by atoms with Gasteiger partial charge in [-0.15, -0.1) is 0 Å². The molecule has 0 fully saturated rings. The number of benzene rings is 2. The molecule has 0 saturated heterocycles. The summed E-state index contributed by atoms with van der Waals surface area (Å²) in [5, 5.41) is 15.4. The van der Waals surface area contributed by atoms with E-state index >= 15 is 0 Å². The summed E-state index contributed by atoms with van der Waals surface area (Å²) >= 11 is 6.09. The molecule has 1 heterocycles. The Morgan fingerprint density at radius 2 is 2.04 bits per heavy atom. The molecule has 2 aromatic carbocycles. The van der Waals surface area contributed by atoms with Gasteiger partial charge in [0, 0.05) is 17.2 Å². The average Bonchev–Trinajstić information content (AvgIpc) is 3.04. The lowest BCUT2D eigenvalue weighted by Gasteiger charge is -2.02. The van der Waals surface area contributed by atoms with Crippen molar-refractivity contribution < 1.29 is 14.2 Å². The van der Waals surface area contributed by atoms with Crippen molar-refractivity contribution >= 4 is 17.3 Å². The van der Waals surface area contributed by atoms with Crippen LogP contribution in [0.15, 0.2) is 47.0 Å². The molecular formula is C15H10ClN3O4. The first-order valence-corrected chi connectivity index (χ1v) is 6.89. The van der Waals surface area contributed by atoms with Crippen molar-refractivity contribution in [2.24, 2.45) is 0 Å². The Bertz CT molecular complexity index is 879. The SMILES string of the molecule is COc1ccc(-c2nc(-c3ccccc3Cl)no2)cc1[N+](=O)[O-]. The van der Waals surface area contributed by atoms with Gasteiger partial charge in [-0.2, -0.15) is 4.98 Å². The normalized spacial score (nSPS) is 10.5. The molecule has 0 saturated carbocycles. The highest BCUT2D eigenvalue weighted by molar-refractivity contribution is 6.33. The Labute approximate surface area is 135 Å². The molecule has 0 N–H and O–H groups in total. The van der Waals surface area contributed by atoms with Crippen LogP contribution in [-0.2, 0) is 0 Å². The predicted molar refractivity (Wildman–Crippen MR) is 83.4 cm³/mol. The van der Waals surface area contributed by atoms with E-state index in [0.29, 0.717) is 22.0 Å². The van der Waals surface area contributed by atoms with E-state index in [9.17, 15) is 10.1 Å². The van der Waals surface area contributed by atoms with E-state index in [4.69, 9.17) is 20.9 Å². The number of hydrogen-bond donors (Lipinski definition) is 0. The van der Waals surface area contributed by atoms with Crippen LogP contribution in [0.5, 0.6) is 5.75 Å². The Balaban J connectivity index is 2.02. The molecule has 0 bridgehead atoms. The van der Waals surface area contributed by atoms with Crippen molar-refractivity contribution in [3.05, 3.63) is 57.6 Å². The summed E-state index contributed by atoms with van der Waals surface area (Å²) < 4.78 is 10.1. The summed E-state index contributed by atoms with van der Waals surface area (Å²) in [4.78, 5) is 14.8. The third-order valence-corrected chi connectivity index (χ3v) is 3.49. The van der Waals surface area contributed by atoms with Crippen molar-refractivity contribution in [3.8, 4) is 28.6 Å². The second-order valence-electron chi connectivity index (χ2n) is 4.55. The molecule has 3 aromatic rings. The van der Waals surface area contributed by atoms with Crippen LogP contribution in [0.25, 0.3) is 22.8 Å². The quantitative estimate of drug-likeness (QED) is 0.530. The van der Waals surface area contributed by atoms with Gasteiger partial charge in [0.1, 0.15) is 0 Å². The lowest BCUT2D eigenvalue weighted by molar-refractivity contribution is -0.385. The highest BCUT2D eigenvalue weighted by atomic mass is 35.5. The van der Waals surface area contributed by atoms with Gasteiger partial charge < -0.3 is 9.26 Å². The molecule has 0 radical (unpaired) electrons. The van der Waals surface area contributed by atoms with Crippen molar-refractivity contribution in [1.29, 1.82) is 0 Å². The summed E-state index contributed by atoms with van der Waals surface area (Å²) in [6.07, 6.45) is 0. The molecule has 7 nitrogen and oxygen atoms in total. The number of ether oxygens (including phenoxy) is 1. The van der Waals surface area contributed by atoms with Gasteiger partial charge in [0.15, 0.2) is 5.75 Å². The second-order valence-corrected chi connectivity index (χ2v) is 4.95. The Morgan fingerprint density at radius 1 is 1.26 bits per heavy atom. The van der Waals surface area contributed by atoms with E-state index in [0.717, 1.165) is 0 Å². The number of hydrogen-bond acceptors (Lipinski definition) is 6. The zero-order valence-electron chi connectivity index (χ0n) is 11.9. The molecule has 0 aliphatic carbocycles. The summed E-state index contributed by atoms with van der Waals surface area (Å²) in [6, 6.07) is 11.5. The van der Waals surface area contributed by atoms with Crippen LogP contribution in [0.4, 0.5) is 5.69 Å². The Kier molecular flexibility index (Phi) is 3.94. The first-order chi connectivity index (χ1) is 11.1. The van der Waals surface area contributed by atoms with Crippen molar-refractivity contribution in [2.75, 3.05) is 7.11 Å². The fraction of sp³-hybridized carbons (Fsp3) is 0.0667.